The number of nitrogens with one attached hydrogen (secondary N) is 1. The van der Waals surface area contributed by atoms with Crippen LogP contribution in [0.4, 0.5) is 4.79 Å². The third kappa shape index (κ3) is 13.1. The number of rotatable bonds is 15. The van der Waals surface area contributed by atoms with Gasteiger partial charge in [-0.15, -0.1) is 0 Å². The van der Waals surface area contributed by atoms with Gasteiger partial charge < -0.3 is 24.2 Å². The SMILES string of the molecule is CC(=O)OCCCS(=O)(=O)NC(=O)c1ccc(-c2ccc(CCN(C[C@@H](O)c3cccc(Cl)c3)C(=O)OC(C)(C)C)cc2)cc1OC1CCCCC1. The monoisotopic (exact) mass is 756 g/mol. The molecule has 0 saturated heterocycles. The quantitative estimate of drug-likeness (QED) is 0.121. The van der Waals surface area contributed by atoms with Crippen molar-refractivity contribution in [1.82, 2.24) is 9.62 Å². The third-order valence-electron chi connectivity index (χ3n) is 8.42. The van der Waals surface area contributed by atoms with Crippen molar-refractivity contribution in [2.75, 3.05) is 25.4 Å². The van der Waals surface area contributed by atoms with E-state index in [1.165, 1.54) is 11.8 Å². The van der Waals surface area contributed by atoms with Gasteiger partial charge in [-0.1, -0.05) is 60.5 Å². The zero-order valence-electron chi connectivity index (χ0n) is 30.2. The van der Waals surface area contributed by atoms with Crippen LogP contribution in [-0.2, 0) is 30.7 Å². The first-order valence-electron chi connectivity index (χ1n) is 17.6. The molecule has 3 aromatic carbocycles. The number of hydrogen-bond donors (Lipinski definition) is 2. The Kier molecular flexibility index (Phi) is 14.5. The number of benzene rings is 3. The molecular weight excluding hydrogens is 708 g/mol. The summed E-state index contributed by atoms with van der Waals surface area (Å²) in [6.07, 6.45) is 3.76. The maximum absolute atomic E-state index is 13.3. The predicted molar refractivity (Wildman–Crippen MR) is 200 cm³/mol. The molecule has 3 aromatic rings. The molecule has 1 aliphatic carbocycles. The number of esters is 1. The Labute approximate surface area is 311 Å². The van der Waals surface area contributed by atoms with Crippen molar-refractivity contribution in [1.29, 1.82) is 0 Å². The van der Waals surface area contributed by atoms with Crippen molar-refractivity contribution in [3.8, 4) is 16.9 Å². The lowest BCUT2D eigenvalue weighted by molar-refractivity contribution is -0.140. The molecule has 0 unspecified atom stereocenters. The average Bonchev–Trinajstić information content (AvgIpc) is 3.08. The van der Waals surface area contributed by atoms with E-state index in [0.29, 0.717) is 29.3 Å². The van der Waals surface area contributed by atoms with Crippen LogP contribution in [0.3, 0.4) is 0 Å². The number of halogens is 1. The minimum atomic E-state index is -3.99. The first-order chi connectivity index (χ1) is 24.6. The topological polar surface area (TPSA) is 149 Å². The van der Waals surface area contributed by atoms with Crippen LogP contribution in [0.25, 0.3) is 11.1 Å². The van der Waals surface area contributed by atoms with Crippen molar-refractivity contribution in [3.63, 3.8) is 0 Å². The summed E-state index contributed by atoms with van der Waals surface area (Å²) in [6, 6.07) is 19.7. The van der Waals surface area contributed by atoms with E-state index in [1.54, 1.807) is 63.2 Å². The molecule has 52 heavy (non-hydrogen) atoms. The molecule has 0 aliphatic heterocycles. The molecular formula is C39H49ClN2O9S. The molecule has 11 nitrogen and oxygen atoms in total. The van der Waals surface area contributed by atoms with Crippen LogP contribution in [0.2, 0.25) is 5.02 Å². The van der Waals surface area contributed by atoms with E-state index in [1.807, 2.05) is 24.3 Å². The number of carbonyl (C=O) groups is 3. The number of sulfonamides is 1. The third-order valence-corrected chi connectivity index (χ3v) is 9.98. The summed E-state index contributed by atoms with van der Waals surface area (Å²) in [5.74, 6) is -1.39. The maximum atomic E-state index is 13.3. The second-order valence-corrected chi connectivity index (χ2v) is 16.3. The molecule has 0 radical (unpaired) electrons. The van der Waals surface area contributed by atoms with Gasteiger partial charge in [0, 0.05) is 18.5 Å². The van der Waals surface area contributed by atoms with E-state index >= 15 is 0 Å². The van der Waals surface area contributed by atoms with Crippen LogP contribution >= 0.6 is 11.6 Å². The molecule has 1 aliphatic rings. The van der Waals surface area contributed by atoms with Crippen molar-refractivity contribution in [3.05, 3.63) is 88.4 Å². The second-order valence-electron chi connectivity index (χ2n) is 14.0. The van der Waals surface area contributed by atoms with Gasteiger partial charge in [-0.3, -0.25) is 9.59 Å². The van der Waals surface area contributed by atoms with Gasteiger partial charge in [-0.05, 0) is 106 Å². The minimum Gasteiger partial charge on any atom is -0.490 e. The lowest BCUT2D eigenvalue weighted by Gasteiger charge is -2.29. The van der Waals surface area contributed by atoms with E-state index in [-0.39, 0.29) is 37.0 Å². The largest absolute Gasteiger partial charge is 0.490 e. The van der Waals surface area contributed by atoms with Gasteiger partial charge in [0.05, 0.1) is 36.7 Å². The van der Waals surface area contributed by atoms with E-state index in [4.69, 9.17) is 25.8 Å². The van der Waals surface area contributed by atoms with Crippen molar-refractivity contribution in [2.24, 2.45) is 0 Å². The smallest absolute Gasteiger partial charge is 0.410 e. The summed E-state index contributed by atoms with van der Waals surface area (Å²) in [7, 11) is -3.99. The normalized spacial score (nSPS) is 14.3. The van der Waals surface area contributed by atoms with E-state index < -0.39 is 39.7 Å². The van der Waals surface area contributed by atoms with Gasteiger partial charge >= 0.3 is 12.1 Å². The molecule has 4 rings (SSSR count). The molecule has 0 heterocycles. The summed E-state index contributed by atoms with van der Waals surface area (Å²) >= 11 is 6.12. The van der Waals surface area contributed by atoms with E-state index in [0.717, 1.165) is 48.8 Å². The number of amides is 2. The first kappa shape index (κ1) is 40.6. The highest BCUT2D eigenvalue weighted by Crippen LogP contribution is 2.31. The highest BCUT2D eigenvalue weighted by molar-refractivity contribution is 7.90. The Morgan fingerprint density at radius 1 is 0.981 bits per heavy atom. The fourth-order valence-corrected chi connectivity index (χ4v) is 6.99. The summed E-state index contributed by atoms with van der Waals surface area (Å²) in [6.45, 7) is 6.86. The van der Waals surface area contributed by atoms with Gasteiger partial charge in [0.15, 0.2) is 0 Å². The predicted octanol–water partition coefficient (Wildman–Crippen LogP) is 7.24. The van der Waals surface area contributed by atoms with Crippen molar-refractivity contribution in [2.45, 2.75) is 90.4 Å². The minimum absolute atomic E-state index is 0.0205. The highest BCUT2D eigenvalue weighted by atomic mass is 35.5. The number of ether oxygens (including phenoxy) is 3. The number of hydrogen-bond acceptors (Lipinski definition) is 9. The summed E-state index contributed by atoms with van der Waals surface area (Å²) in [5.41, 5.74) is 2.56. The Morgan fingerprint density at radius 2 is 1.67 bits per heavy atom. The Morgan fingerprint density at radius 3 is 2.33 bits per heavy atom. The molecule has 2 amide bonds. The molecule has 1 atom stereocenters. The van der Waals surface area contributed by atoms with Crippen molar-refractivity contribution >= 4 is 39.6 Å². The van der Waals surface area contributed by atoms with E-state index in [9.17, 15) is 27.9 Å². The van der Waals surface area contributed by atoms with Gasteiger partial charge in [-0.2, -0.15) is 0 Å². The second kappa shape index (κ2) is 18.6. The maximum Gasteiger partial charge on any atom is 0.410 e. The van der Waals surface area contributed by atoms with Crippen LogP contribution in [-0.4, -0.2) is 73.5 Å². The van der Waals surface area contributed by atoms with Crippen LogP contribution in [0.1, 0.15) is 93.8 Å². The Balaban J connectivity index is 1.49. The molecule has 0 bridgehead atoms. The number of aliphatic hydroxyl groups is 1. The molecule has 1 fully saturated rings. The molecule has 282 valence electrons. The van der Waals surface area contributed by atoms with E-state index in [2.05, 4.69) is 4.72 Å². The number of aliphatic hydroxyl groups excluding tert-OH is 1. The first-order valence-corrected chi connectivity index (χ1v) is 19.6. The summed E-state index contributed by atoms with van der Waals surface area (Å²) in [5, 5.41) is 11.4. The molecule has 13 heteroatoms. The van der Waals surface area contributed by atoms with Crippen LogP contribution in [0, 0.1) is 0 Å². The van der Waals surface area contributed by atoms with Gasteiger partial charge in [0.25, 0.3) is 5.91 Å². The lowest BCUT2D eigenvalue weighted by atomic mass is 9.97. The van der Waals surface area contributed by atoms with Crippen LogP contribution in [0.5, 0.6) is 5.75 Å². The zero-order valence-corrected chi connectivity index (χ0v) is 31.8. The fourth-order valence-electron chi connectivity index (χ4n) is 5.80. The molecule has 1 saturated carbocycles. The zero-order chi connectivity index (χ0) is 37.9. The molecule has 2 N–H and O–H groups in total. The van der Waals surface area contributed by atoms with Crippen LogP contribution < -0.4 is 9.46 Å². The summed E-state index contributed by atoms with van der Waals surface area (Å²) in [4.78, 5) is 38.9. The van der Waals surface area contributed by atoms with Crippen LogP contribution in [0.15, 0.2) is 66.7 Å². The molecule has 0 spiro atoms. The average molecular weight is 757 g/mol. The molecule has 0 aromatic heterocycles. The van der Waals surface area contributed by atoms with Gasteiger partial charge in [0.2, 0.25) is 10.0 Å². The van der Waals surface area contributed by atoms with Crippen molar-refractivity contribution < 1.29 is 42.1 Å². The van der Waals surface area contributed by atoms with Gasteiger partial charge in [-0.25, -0.2) is 17.9 Å². The summed E-state index contributed by atoms with van der Waals surface area (Å²) < 4.78 is 44.2. The number of nitrogens with zero attached hydrogens (tertiary/aromatic N) is 1. The fraction of sp³-hybridized carbons (Fsp3) is 0.462. The Bertz CT molecular complexity index is 1790. The standard InChI is InChI=1S/C39H49ClN2O9S/c1-27(43)49-22-9-23-52(47,48)41-37(45)34-19-18-30(25-36(34)50-33-12-6-5-7-13-33)29-16-14-28(15-17-29)20-21-42(38(46)51-39(2,3)4)26-35(44)31-10-8-11-32(40)24-31/h8,10-11,14-19,24-25,33,35,44H,5-7,9,12-13,20-23,26H2,1-4H3,(H,41,45)/t35-/m1/s1. The lowest BCUT2D eigenvalue weighted by Crippen LogP contribution is -2.40. The van der Waals surface area contributed by atoms with Gasteiger partial charge in [0.1, 0.15) is 11.4 Å². The number of carbonyl (C=O) groups excluding carboxylic acids is 3. The Hall–Kier alpha value is -4.13. The highest BCUT2D eigenvalue weighted by Gasteiger charge is 2.26.